The standard InChI is InChI=1S/C7H13NO2.ClH/c8-6-1-2-7(3-6,4-9)10-5-6;/h9H,1-5,8H2;1H. The Balaban J connectivity index is 0.000000605. The Labute approximate surface area is 72.3 Å². The molecule has 0 aromatic heterocycles. The average molecular weight is 180 g/mol. The molecule has 0 amide bonds. The molecule has 0 radical (unpaired) electrons. The summed E-state index contributed by atoms with van der Waals surface area (Å²) in [4.78, 5) is 0. The average Bonchev–Trinajstić information content (AvgIpc) is 2.42. The van der Waals surface area contributed by atoms with Crippen LogP contribution in [0.4, 0.5) is 0 Å². The van der Waals surface area contributed by atoms with Crippen LogP contribution >= 0.6 is 12.4 Å². The number of hydrogen-bond acceptors (Lipinski definition) is 3. The third kappa shape index (κ3) is 1.26. The minimum atomic E-state index is -0.255. The van der Waals surface area contributed by atoms with E-state index in [0.717, 1.165) is 19.3 Å². The van der Waals surface area contributed by atoms with Crippen molar-refractivity contribution in [3.63, 3.8) is 0 Å². The largest absolute Gasteiger partial charge is 0.393 e. The molecule has 2 bridgehead atoms. The fourth-order valence-electron chi connectivity index (χ4n) is 2.02. The summed E-state index contributed by atoms with van der Waals surface area (Å²) < 4.78 is 5.42. The zero-order valence-electron chi connectivity index (χ0n) is 6.38. The van der Waals surface area contributed by atoms with E-state index in [4.69, 9.17) is 15.6 Å². The number of hydrogen-bond donors (Lipinski definition) is 2. The second-order valence-corrected chi connectivity index (χ2v) is 3.67. The Morgan fingerprint density at radius 2 is 2.18 bits per heavy atom. The number of nitrogens with two attached hydrogens (primary N) is 1. The van der Waals surface area contributed by atoms with Gasteiger partial charge in [-0.05, 0) is 19.3 Å². The molecule has 66 valence electrons. The number of fused-ring (bicyclic) bond motifs is 2. The molecule has 1 saturated carbocycles. The summed E-state index contributed by atoms with van der Waals surface area (Å²) in [5, 5.41) is 8.98. The van der Waals surface area contributed by atoms with Gasteiger partial charge in [0.15, 0.2) is 0 Å². The highest BCUT2D eigenvalue weighted by molar-refractivity contribution is 5.85. The van der Waals surface area contributed by atoms with Crippen molar-refractivity contribution in [2.45, 2.75) is 30.4 Å². The molecule has 0 spiro atoms. The quantitative estimate of drug-likeness (QED) is 0.598. The van der Waals surface area contributed by atoms with Gasteiger partial charge in [0.1, 0.15) is 0 Å². The first-order chi connectivity index (χ1) is 4.68. The smallest absolute Gasteiger partial charge is 0.0932 e. The van der Waals surface area contributed by atoms with Crippen molar-refractivity contribution in [2.24, 2.45) is 5.73 Å². The first kappa shape index (κ1) is 9.26. The molecule has 2 aliphatic rings. The molecular weight excluding hydrogens is 166 g/mol. The molecule has 11 heavy (non-hydrogen) atoms. The van der Waals surface area contributed by atoms with Crippen molar-refractivity contribution in [3.05, 3.63) is 0 Å². The Hall–Kier alpha value is 0.170. The van der Waals surface area contributed by atoms with Gasteiger partial charge in [-0.2, -0.15) is 0 Å². The summed E-state index contributed by atoms with van der Waals surface area (Å²) in [6, 6.07) is 0. The van der Waals surface area contributed by atoms with Gasteiger partial charge in [-0.3, -0.25) is 0 Å². The maximum Gasteiger partial charge on any atom is 0.0932 e. The fourth-order valence-corrected chi connectivity index (χ4v) is 2.02. The van der Waals surface area contributed by atoms with Gasteiger partial charge in [0.05, 0.1) is 18.8 Å². The molecule has 0 aromatic rings. The highest BCUT2D eigenvalue weighted by atomic mass is 35.5. The van der Waals surface area contributed by atoms with E-state index in [9.17, 15) is 0 Å². The third-order valence-electron chi connectivity index (χ3n) is 2.71. The monoisotopic (exact) mass is 179 g/mol. The van der Waals surface area contributed by atoms with Crippen LogP contribution in [0.25, 0.3) is 0 Å². The van der Waals surface area contributed by atoms with E-state index in [1.54, 1.807) is 0 Å². The highest BCUT2D eigenvalue weighted by Gasteiger charge is 2.53. The molecule has 1 aliphatic carbocycles. The minimum absolute atomic E-state index is 0. The second kappa shape index (κ2) is 2.59. The Morgan fingerprint density at radius 1 is 1.45 bits per heavy atom. The van der Waals surface area contributed by atoms with Crippen molar-refractivity contribution < 1.29 is 9.84 Å². The van der Waals surface area contributed by atoms with Gasteiger partial charge in [-0.25, -0.2) is 0 Å². The number of ether oxygens (including phenoxy) is 1. The van der Waals surface area contributed by atoms with Crippen LogP contribution in [0.2, 0.25) is 0 Å². The van der Waals surface area contributed by atoms with Crippen LogP contribution in [0.5, 0.6) is 0 Å². The van der Waals surface area contributed by atoms with Gasteiger partial charge in [0.25, 0.3) is 0 Å². The van der Waals surface area contributed by atoms with Crippen molar-refractivity contribution in [2.75, 3.05) is 13.2 Å². The van der Waals surface area contributed by atoms with Crippen LogP contribution in [-0.4, -0.2) is 29.5 Å². The van der Waals surface area contributed by atoms with Gasteiger partial charge in [0.2, 0.25) is 0 Å². The predicted molar refractivity (Wildman–Crippen MR) is 43.8 cm³/mol. The highest BCUT2D eigenvalue weighted by Crippen LogP contribution is 2.45. The number of aliphatic hydroxyl groups excluding tert-OH is 1. The molecule has 1 heterocycles. The summed E-state index contributed by atoms with van der Waals surface area (Å²) in [6.07, 6.45) is 2.78. The van der Waals surface area contributed by atoms with Crippen molar-refractivity contribution in [1.82, 2.24) is 0 Å². The van der Waals surface area contributed by atoms with Gasteiger partial charge < -0.3 is 15.6 Å². The van der Waals surface area contributed by atoms with E-state index >= 15 is 0 Å². The number of aliphatic hydroxyl groups is 1. The second-order valence-electron chi connectivity index (χ2n) is 3.67. The number of halogens is 1. The zero-order chi connectivity index (χ0) is 7.24. The van der Waals surface area contributed by atoms with Crippen LogP contribution in [0.3, 0.4) is 0 Å². The lowest BCUT2D eigenvalue weighted by molar-refractivity contribution is -0.0544. The van der Waals surface area contributed by atoms with Gasteiger partial charge in [0, 0.05) is 5.54 Å². The summed E-state index contributed by atoms with van der Waals surface area (Å²) in [6.45, 7) is 0.763. The van der Waals surface area contributed by atoms with E-state index < -0.39 is 0 Å². The van der Waals surface area contributed by atoms with E-state index in [1.165, 1.54) is 0 Å². The normalized spacial score (nSPS) is 47.5. The molecule has 2 unspecified atom stereocenters. The van der Waals surface area contributed by atoms with E-state index in [-0.39, 0.29) is 30.2 Å². The molecule has 3 nitrogen and oxygen atoms in total. The van der Waals surface area contributed by atoms with Crippen molar-refractivity contribution in [1.29, 1.82) is 0 Å². The molecule has 2 rings (SSSR count). The summed E-state index contributed by atoms with van der Waals surface area (Å²) in [5.74, 6) is 0. The predicted octanol–water partition coefficient (Wildman–Crippen LogP) is 0.0509. The summed E-state index contributed by atoms with van der Waals surface area (Å²) in [7, 11) is 0. The lowest BCUT2D eigenvalue weighted by atomic mass is 10.0. The minimum Gasteiger partial charge on any atom is -0.393 e. The van der Waals surface area contributed by atoms with Crippen molar-refractivity contribution >= 4 is 12.4 Å². The van der Waals surface area contributed by atoms with Crippen LogP contribution in [0, 0.1) is 0 Å². The van der Waals surface area contributed by atoms with Crippen LogP contribution < -0.4 is 5.73 Å². The van der Waals surface area contributed by atoms with Gasteiger partial charge >= 0.3 is 0 Å². The van der Waals surface area contributed by atoms with Crippen LogP contribution in [0.1, 0.15) is 19.3 Å². The maximum absolute atomic E-state index is 8.98. The lowest BCUT2D eigenvalue weighted by Gasteiger charge is -2.24. The SMILES string of the molecule is Cl.NC12CCC(CO)(C1)OC2. The van der Waals surface area contributed by atoms with Gasteiger partial charge in [-0.1, -0.05) is 0 Å². The molecule has 1 saturated heterocycles. The number of rotatable bonds is 1. The first-order valence-electron chi connectivity index (χ1n) is 3.72. The molecule has 2 atom stereocenters. The fraction of sp³-hybridized carbons (Fsp3) is 1.00. The molecule has 2 fully saturated rings. The van der Waals surface area contributed by atoms with E-state index in [1.807, 2.05) is 0 Å². The van der Waals surface area contributed by atoms with E-state index in [0.29, 0.717) is 6.61 Å². The van der Waals surface area contributed by atoms with Gasteiger partial charge in [-0.15, -0.1) is 12.4 Å². The molecular formula is C7H14ClNO2. The maximum atomic E-state index is 8.98. The summed E-state index contributed by atoms with van der Waals surface area (Å²) >= 11 is 0. The summed E-state index contributed by atoms with van der Waals surface area (Å²) in [5.41, 5.74) is 5.56. The Bertz CT molecular complexity index is 155. The van der Waals surface area contributed by atoms with Crippen LogP contribution in [-0.2, 0) is 4.74 Å². The molecule has 0 aromatic carbocycles. The third-order valence-corrected chi connectivity index (χ3v) is 2.71. The van der Waals surface area contributed by atoms with Crippen molar-refractivity contribution in [3.8, 4) is 0 Å². The van der Waals surface area contributed by atoms with E-state index in [2.05, 4.69) is 0 Å². The topological polar surface area (TPSA) is 55.5 Å². The Morgan fingerprint density at radius 3 is 2.36 bits per heavy atom. The zero-order valence-corrected chi connectivity index (χ0v) is 7.19. The Kier molecular flexibility index (Phi) is 2.18. The van der Waals surface area contributed by atoms with Crippen LogP contribution in [0.15, 0.2) is 0 Å². The lowest BCUT2D eigenvalue weighted by Crippen LogP contribution is -2.38. The molecule has 4 heteroatoms. The molecule has 3 N–H and O–H groups in total. The first-order valence-corrected chi connectivity index (χ1v) is 3.72. The molecule has 1 aliphatic heterocycles.